The van der Waals surface area contributed by atoms with Crippen molar-refractivity contribution < 1.29 is 9.18 Å². The molecule has 1 aromatic rings. The van der Waals surface area contributed by atoms with Gasteiger partial charge in [0.1, 0.15) is 11.6 Å². The molecule has 1 saturated heterocycles. The van der Waals surface area contributed by atoms with E-state index in [0.717, 1.165) is 31.1 Å². The molecule has 4 rings (SSSR count). The highest BCUT2D eigenvalue weighted by atomic mass is 19.1. The predicted molar refractivity (Wildman–Crippen MR) is 86.0 cm³/mol. The molecule has 1 saturated carbocycles. The van der Waals surface area contributed by atoms with Gasteiger partial charge in [-0.2, -0.15) is 0 Å². The number of rotatable bonds is 3. The van der Waals surface area contributed by atoms with Gasteiger partial charge in [-0.15, -0.1) is 0 Å². The number of primary amides is 1. The number of carbonyl (C=O) groups excluding carboxylic acids is 1. The maximum absolute atomic E-state index is 13.7. The molecular formula is C16H18FN5O. The van der Waals surface area contributed by atoms with Crippen LogP contribution in [0.2, 0.25) is 0 Å². The van der Waals surface area contributed by atoms with Crippen LogP contribution in [-0.4, -0.2) is 37.2 Å². The molecule has 0 spiro atoms. The van der Waals surface area contributed by atoms with Gasteiger partial charge in [-0.3, -0.25) is 4.79 Å². The lowest BCUT2D eigenvalue weighted by atomic mass is 9.95. The molecule has 2 heterocycles. The van der Waals surface area contributed by atoms with E-state index in [2.05, 4.69) is 22.6 Å². The Morgan fingerprint density at radius 1 is 1.52 bits per heavy atom. The van der Waals surface area contributed by atoms with Gasteiger partial charge in [0.2, 0.25) is 0 Å². The summed E-state index contributed by atoms with van der Waals surface area (Å²) >= 11 is 0. The number of nitrogens with two attached hydrogens (primary N) is 1. The SMILES string of the molecule is CN1CC2CC2(/C(C=N)=C2\Nc3cc(F)cc(C(N)=O)c3N2)C1. The number of fused-ring (bicyclic) bond motifs is 2. The van der Waals surface area contributed by atoms with Crippen LogP contribution in [0.4, 0.5) is 15.8 Å². The van der Waals surface area contributed by atoms with Crippen molar-refractivity contribution in [3.63, 3.8) is 0 Å². The van der Waals surface area contributed by atoms with E-state index in [1.165, 1.54) is 12.3 Å². The number of nitrogens with one attached hydrogen (secondary N) is 3. The van der Waals surface area contributed by atoms with E-state index in [9.17, 15) is 9.18 Å². The third kappa shape index (κ3) is 1.96. The topological polar surface area (TPSA) is 94.2 Å². The summed E-state index contributed by atoms with van der Waals surface area (Å²) in [7, 11) is 2.07. The van der Waals surface area contributed by atoms with Crippen molar-refractivity contribution in [2.24, 2.45) is 17.1 Å². The van der Waals surface area contributed by atoms with E-state index in [1.54, 1.807) is 0 Å². The van der Waals surface area contributed by atoms with Crippen LogP contribution in [0.1, 0.15) is 16.8 Å². The van der Waals surface area contributed by atoms with Gasteiger partial charge in [0.05, 0.1) is 16.9 Å². The summed E-state index contributed by atoms with van der Waals surface area (Å²) in [6, 6.07) is 2.45. The second-order valence-corrected chi connectivity index (χ2v) is 6.68. The maximum Gasteiger partial charge on any atom is 0.250 e. The third-order valence-corrected chi connectivity index (χ3v) is 5.14. The lowest BCUT2D eigenvalue weighted by Gasteiger charge is -2.19. The Morgan fingerprint density at radius 2 is 2.30 bits per heavy atom. The standard InChI is InChI=1S/C16H18FN5O/c1-22-6-8-4-16(8,7-22)11(5-18)15-20-12-3-9(17)2-10(14(19)23)13(12)21-15/h2-3,5,8,18,20-21H,4,6-7H2,1H3,(H2,19,23)/b15-11+,18-5?. The molecule has 2 atom stereocenters. The van der Waals surface area contributed by atoms with Crippen LogP contribution in [0.15, 0.2) is 23.5 Å². The van der Waals surface area contributed by atoms with Crippen LogP contribution >= 0.6 is 0 Å². The van der Waals surface area contributed by atoms with E-state index < -0.39 is 11.7 Å². The molecule has 5 N–H and O–H groups in total. The molecule has 7 heteroatoms. The molecule has 0 aromatic heterocycles. The van der Waals surface area contributed by atoms with E-state index in [4.69, 9.17) is 11.1 Å². The Bertz CT molecular complexity index is 774. The predicted octanol–water partition coefficient (Wildman–Crippen LogP) is 1.57. The lowest BCUT2D eigenvalue weighted by Crippen LogP contribution is -2.24. The Kier molecular flexibility index (Phi) is 2.81. The van der Waals surface area contributed by atoms with Gasteiger partial charge < -0.3 is 26.7 Å². The Labute approximate surface area is 133 Å². The summed E-state index contributed by atoms with van der Waals surface area (Å²) in [6.45, 7) is 1.93. The van der Waals surface area contributed by atoms with Gasteiger partial charge in [0.25, 0.3) is 5.91 Å². The van der Waals surface area contributed by atoms with Crippen molar-refractivity contribution in [3.8, 4) is 0 Å². The number of benzene rings is 1. The second kappa shape index (κ2) is 4.55. The highest BCUT2D eigenvalue weighted by molar-refractivity contribution is 6.04. The number of hydrogen-bond donors (Lipinski definition) is 4. The van der Waals surface area contributed by atoms with Crippen molar-refractivity contribution in [2.75, 3.05) is 30.8 Å². The first-order valence-electron chi connectivity index (χ1n) is 7.56. The third-order valence-electron chi connectivity index (χ3n) is 5.14. The zero-order chi connectivity index (χ0) is 16.4. The summed E-state index contributed by atoms with van der Waals surface area (Å²) in [5.74, 6) is 0.000452. The number of carbonyl (C=O) groups is 1. The maximum atomic E-state index is 13.7. The van der Waals surface area contributed by atoms with Gasteiger partial charge in [-0.25, -0.2) is 4.39 Å². The quantitative estimate of drug-likeness (QED) is 0.637. The molecule has 3 aliphatic rings. The Hall–Kier alpha value is -2.41. The molecule has 1 amide bonds. The first kappa shape index (κ1) is 14.2. The summed E-state index contributed by atoms with van der Waals surface area (Å²) in [5.41, 5.74) is 7.27. The van der Waals surface area contributed by atoms with Crippen molar-refractivity contribution in [1.29, 1.82) is 5.41 Å². The first-order valence-corrected chi connectivity index (χ1v) is 7.56. The van der Waals surface area contributed by atoms with Crippen molar-refractivity contribution in [1.82, 2.24) is 4.90 Å². The molecule has 1 aromatic carbocycles. The van der Waals surface area contributed by atoms with Gasteiger partial charge in [0, 0.05) is 30.3 Å². The number of likely N-dealkylation sites (tertiary alicyclic amines) is 1. The number of amides is 1. The summed E-state index contributed by atoms with van der Waals surface area (Å²) in [5, 5.41) is 14.1. The van der Waals surface area contributed by atoms with Crippen LogP contribution in [-0.2, 0) is 0 Å². The zero-order valence-electron chi connectivity index (χ0n) is 12.7. The van der Waals surface area contributed by atoms with Crippen molar-refractivity contribution >= 4 is 23.5 Å². The van der Waals surface area contributed by atoms with Crippen LogP contribution in [0.5, 0.6) is 0 Å². The molecule has 1 aliphatic carbocycles. The number of piperidine rings is 1. The largest absolute Gasteiger partial charge is 0.366 e. The second-order valence-electron chi connectivity index (χ2n) is 6.68. The molecule has 2 fully saturated rings. The molecular weight excluding hydrogens is 297 g/mol. The van der Waals surface area contributed by atoms with Gasteiger partial charge >= 0.3 is 0 Å². The Balaban J connectivity index is 1.76. The van der Waals surface area contributed by atoms with Crippen molar-refractivity contribution in [2.45, 2.75) is 6.42 Å². The smallest absolute Gasteiger partial charge is 0.250 e. The van der Waals surface area contributed by atoms with Crippen LogP contribution < -0.4 is 16.4 Å². The lowest BCUT2D eigenvalue weighted by molar-refractivity contribution is 0.100. The molecule has 2 unspecified atom stereocenters. The van der Waals surface area contributed by atoms with Gasteiger partial charge in [-0.1, -0.05) is 0 Å². The number of nitrogens with zero attached hydrogens (tertiary/aromatic N) is 1. The average molecular weight is 315 g/mol. The van der Waals surface area contributed by atoms with Crippen LogP contribution in [0, 0.1) is 22.6 Å². The van der Waals surface area contributed by atoms with E-state index in [1.807, 2.05) is 0 Å². The summed E-state index contributed by atoms with van der Waals surface area (Å²) in [6.07, 6.45) is 2.42. The van der Waals surface area contributed by atoms with Crippen molar-refractivity contribution in [3.05, 3.63) is 34.9 Å². The summed E-state index contributed by atoms with van der Waals surface area (Å²) in [4.78, 5) is 13.8. The highest BCUT2D eigenvalue weighted by Gasteiger charge is 2.61. The number of hydrogen-bond acceptors (Lipinski definition) is 5. The van der Waals surface area contributed by atoms with Crippen LogP contribution in [0.3, 0.4) is 0 Å². The van der Waals surface area contributed by atoms with Crippen LogP contribution in [0.25, 0.3) is 0 Å². The molecule has 2 aliphatic heterocycles. The zero-order valence-corrected chi connectivity index (χ0v) is 12.7. The first-order chi connectivity index (χ1) is 10.9. The molecule has 0 bridgehead atoms. The monoisotopic (exact) mass is 315 g/mol. The fourth-order valence-corrected chi connectivity index (χ4v) is 4.08. The normalized spacial score (nSPS) is 30.1. The number of anilines is 2. The van der Waals surface area contributed by atoms with E-state index in [-0.39, 0.29) is 11.0 Å². The molecule has 0 radical (unpaired) electrons. The molecule has 120 valence electrons. The van der Waals surface area contributed by atoms with E-state index >= 15 is 0 Å². The Morgan fingerprint density at radius 3 is 2.91 bits per heavy atom. The molecule has 6 nitrogen and oxygen atoms in total. The fraction of sp³-hybridized carbons (Fsp3) is 0.375. The minimum Gasteiger partial charge on any atom is -0.366 e. The minimum absolute atomic E-state index is 0.0146. The number of halogens is 1. The molecule has 23 heavy (non-hydrogen) atoms. The summed E-state index contributed by atoms with van der Waals surface area (Å²) < 4.78 is 13.7. The van der Waals surface area contributed by atoms with E-state index in [0.29, 0.717) is 23.1 Å². The van der Waals surface area contributed by atoms with Gasteiger partial charge in [0.15, 0.2) is 0 Å². The minimum atomic E-state index is -0.684. The highest BCUT2D eigenvalue weighted by Crippen LogP contribution is 2.62. The average Bonchev–Trinajstić information content (AvgIpc) is 2.84. The van der Waals surface area contributed by atoms with Gasteiger partial charge in [-0.05, 0) is 31.5 Å². The fourth-order valence-electron chi connectivity index (χ4n) is 4.08.